The molecule has 2 aromatic rings. The molecule has 3 heterocycles. The lowest BCUT2D eigenvalue weighted by molar-refractivity contribution is -0.133. The van der Waals surface area contributed by atoms with Crippen LogP contribution >= 0.6 is 0 Å². The Hall–Kier alpha value is -2.21. The van der Waals surface area contributed by atoms with Gasteiger partial charge in [-0.05, 0) is 37.3 Å². The van der Waals surface area contributed by atoms with Crippen molar-refractivity contribution in [3.05, 3.63) is 47.0 Å². The van der Waals surface area contributed by atoms with Gasteiger partial charge in [0.1, 0.15) is 5.82 Å². The minimum atomic E-state index is 0.233. The van der Waals surface area contributed by atoms with Crippen LogP contribution in [0.25, 0.3) is 0 Å². The predicted molar refractivity (Wildman–Crippen MR) is 95.1 cm³/mol. The third kappa shape index (κ3) is 3.58. The summed E-state index contributed by atoms with van der Waals surface area (Å²) >= 11 is 0. The van der Waals surface area contributed by atoms with Crippen molar-refractivity contribution >= 4 is 5.91 Å². The Morgan fingerprint density at radius 2 is 2.12 bits per heavy atom. The average molecular weight is 339 g/mol. The maximum atomic E-state index is 12.8. The first kappa shape index (κ1) is 16.3. The highest BCUT2D eigenvalue weighted by Gasteiger charge is 2.28. The lowest BCUT2D eigenvalue weighted by Crippen LogP contribution is -2.45. The van der Waals surface area contributed by atoms with Gasteiger partial charge in [-0.2, -0.15) is 5.10 Å². The predicted octanol–water partition coefficient (Wildman–Crippen LogP) is 1.88. The van der Waals surface area contributed by atoms with Crippen LogP contribution in [0.1, 0.15) is 41.5 Å². The van der Waals surface area contributed by atoms with Gasteiger partial charge in [-0.1, -0.05) is 24.3 Å². The maximum absolute atomic E-state index is 12.8. The van der Waals surface area contributed by atoms with Gasteiger partial charge in [0.25, 0.3) is 0 Å². The Labute approximate surface area is 148 Å². The van der Waals surface area contributed by atoms with Crippen LogP contribution in [-0.2, 0) is 17.8 Å². The van der Waals surface area contributed by atoms with E-state index in [2.05, 4.69) is 44.3 Å². The molecule has 1 atom stereocenters. The van der Waals surface area contributed by atoms with E-state index < -0.39 is 0 Å². The normalized spacial score (nSPS) is 21.2. The number of nitrogens with zero attached hydrogens (tertiary/aromatic N) is 4. The second kappa shape index (κ2) is 6.96. The number of carbonyl (C=O) groups excluding carboxylic acids is 1. The number of amides is 1. The van der Waals surface area contributed by atoms with Gasteiger partial charge in [0.15, 0.2) is 5.82 Å². The minimum absolute atomic E-state index is 0.233. The Balaban J connectivity index is 1.36. The van der Waals surface area contributed by atoms with Crippen LogP contribution in [0.3, 0.4) is 0 Å². The van der Waals surface area contributed by atoms with E-state index in [1.807, 2.05) is 11.8 Å². The van der Waals surface area contributed by atoms with E-state index in [9.17, 15) is 4.79 Å². The van der Waals surface area contributed by atoms with Crippen molar-refractivity contribution in [3.63, 3.8) is 0 Å². The zero-order chi connectivity index (χ0) is 17.2. The van der Waals surface area contributed by atoms with Gasteiger partial charge in [-0.15, -0.1) is 0 Å². The third-order valence-electron chi connectivity index (χ3n) is 5.32. The number of carbonyl (C=O) groups is 1. The topological polar surface area (TPSA) is 65.1 Å². The van der Waals surface area contributed by atoms with Crippen molar-refractivity contribution in [1.29, 1.82) is 0 Å². The van der Waals surface area contributed by atoms with Gasteiger partial charge in [0.05, 0.1) is 6.54 Å². The van der Waals surface area contributed by atoms with Crippen molar-refractivity contribution < 1.29 is 4.79 Å². The zero-order valence-electron chi connectivity index (χ0n) is 14.7. The SMILES string of the molecule is Cc1nc([C@@H]2CCCN(C(=O)CN3CCc4ccccc4C3)C2)n[nH]1. The van der Waals surface area contributed by atoms with Crippen LogP contribution in [0.15, 0.2) is 24.3 Å². The number of aryl methyl sites for hydroxylation is 1. The van der Waals surface area contributed by atoms with Crippen molar-refractivity contribution in [1.82, 2.24) is 25.0 Å². The molecule has 1 amide bonds. The minimum Gasteiger partial charge on any atom is -0.341 e. The molecule has 0 unspecified atom stereocenters. The van der Waals surface area contributed by atoms with Gasteiger partial charge >= 0.3 is 0 Å². The second-order valence-electron chi connectivity index (χ2n) is 7.19. The van der Waals surface area contributed by atoms with Crippen molar-refractivity contribution in [2.45, 2.75) is 38.6 Å². The van der Waals surface area contributed by atoms with Crippen LogP contribution < -0.4 is 0 Å². The lowest BCUT2D eigenvalue weighted by atomic mass is 9.97. The van der Waals surface area contributed by atoms with E-state index in [0.717, 1.165) is 57.1 Å². The number of hydrogen-bond acceptors (Lipinski definition) is 4. The molecule has 0 aliphatic carbocycles. The number of likely N-dealkylation sites (tertiary alicyclic amines) is 1. The summed E-state index contributed by atoms with van der Waals surface area (Å²) in [6.45, 7) is 5.84. The van der Waals surface area contributed by atoms with E-state index in [0.29, 0.717) is 6.54 Å². The van der Waals surface area contributed by atoms with Crippen LogP contribution in [0, 0.1) is 6.92 Å². The van der Waals surface area contributed by atoms with Crippen molar-refractivity contribution in [2.75, 3.05) is 26.2 Å². The molecule has 0 bridgehead atoms. The maximum Gasteiger partial charge on any atom is 0.236 e. The van der Waals surface area contributed by atoms with Gasteiger partial charge in [0.2, 0.25) is 5.91 Å². The van der Waals surface area contributed by atoms with Crippen LogP contribution in [0.2, 0.25) is 0 Å². The van der Waals surface area contributed by atoms with Crippen LogP contribution in [-0.4, -0.2) is 57.1 Å². The molecule has 2 aliphatic heterocycles. The van der Waals surface area contributed by atoms with Gasteiger partial charge < -0.3 is 4.90 Å². The van der Waals surface area contributed by atoms with Gasteiger partial charge in [0, 0.05) is 32.1 Å². The Bertz CT molecular complexity index is 756. The lowest BCUT2D eigenvalue weighted by Gasteiger charge is -2.34. The van der Waals surface area contributed by atoms with Crippen molar-refractivity contribution in [2.24, 2.45) is 0 Å². The largest absolute Gasteiger partial charge is 0.341 e. The molecule has 1 aromatic heterocycles. The number of aromatic nitrogens is 3. The summed E-state index contributed by atoms with van der Waals surface area (Å²) in [5.74, 6) is 2.17. The Morgan fingerprint density at radius 3 is 2.92 bits per heavy atom. The van der Waals surface area contributed by atoms with E-state index >= 15 is 0 Å². The van der Waals surface area contributed by atoms with E-state index in [1.165, 1.54) is 11.1 Å². The van der Waals surface area contributed by atoms with E-state index in [1.54, 1.807) is 0 Å². The fourth-order valence-electron chi connectivity index (χ4n) is 3.94. The van der Waals surface area contributed by atoms with Gasteiger partial charge in [-0.25, -0.2) is 4.98 Å². The summed E-state index contributed by atoms with van der Waals surface area (Å²) in [6, 6.07) is 8.55. The highest BCUT2D eigenvalue weighted by Crippen LogP contribution is 2.25. The molecule has 4 rings (SSSR count). The molecule has 2 aliphatic rings. The molecule has 6 heteroatoms. The summed E-state index contributed by atoms with van der Waals surface area (Å²) in [4.78, 5) is 21.5. The number of nitrogens with one attached hydrogen (secondary N) is 1. The summed E-state index contributed by atoms with van der Waals surface area (Å²) in [7, 11) is 0. The number of piperidine rings is 1. The monoisotopic (exact) mass is 339 g/mol. The molecule has 1 N–H and O–H groups in total. The van der Waals surface area contributed by atoms with Crippen LogP contribution in [0.4, 0.5) is 0 Å². The Morgan fingerprint density at radius 1 is 1.28 bits per heavy atom. The van der Waals surface area contributed by atoms with Crippen LogP contribution in [0.5, 0.6) is 0 Å². The molecule has 1 aromatic carbocycles. The fourth-order valence-corrected chi connectivity index (χ4v) is 3.94. The zero-order valence-corrected chi connectivity index (χ0v) is 14.7. The number of rotatable bonds is 3. The molecule has 0 saturated carbocycles. The molecular weight excluding hydrogens is 314 g/mol. The fraction of sp³-hybridized carbons (Fsp3) is 0.526. The molecule has 132 valence electrons. The number of hydrogen-bond donors (Lipinski definition) is 1. The number of H-pyrrole nitrogens is 1. The summed E-state index contributed by atoms with van der Waals surface area (Å²) in [5.41, 5.74) is 2.78. The third-order valence-corrected chi connectivity index (χ3v) is 5.32. The van der Waals surface area contributed by atoms with Gasteiger partial charge in [-0.3, -0.25) is 14.8 Å². The first-order chi connectivity index (χ1) is 12.2. The van der Waals surface area contributed by atoms with Crippen molar-refractivity contribution in [3.8, 4) is 0 Å². The summed E-state index contributed by atoms with van der Waals surface area (Å²) < 4.78 is 0. The smallest absolute Gasteiger partial charge is 0.236 e. The Kier molecular flexibility index (Phi) is 4.53. The summed E-state index contributed by atoms with van der Waals surface area (Å²) in [6.07, 6.45) is 3.10. The highest BCUT2D eigenvalue weighted by molar-refractivity contribution is 5.78. The quantitative estimate of drug-likeness (QED) is 0.927. The molecule has 1 fully saturated rings. The molecule has 25 heavy (non-hydrogen) atoms. The number of aromatic amines is 1. The summed E-state index contributed by atoms with van der Waals surface area (Å²) in [5, 5.41) is 7.20. The molecule has 0 spiro atoms. The molecule has 1 saturated heterocycles. The molecule has 6 nitrogen and oxygen atoms in total. The average Bonchev–Trinajstić information content (AvgIpc) is 3.08. The first-order valence-corrected chi connectivity index (χ1v) is 9.15. The van der Waals surface area contributed by atoms with E-state index in [-0.39, 0.29) is 11.8 Å². The number of fused-ring (bicyclic) bond motifs is 1. The second-order valence-corrected chi connectivity index (χ2v) is 7.19. The van der Waals surface area contributed by atoms with E-state index in [4.69, 9.17) is 0 Å². The standard InChI is InChI=1S/C19H25N5O/c1-14-20-19(22-21-14)17-7-4-9-24(12-17)18(25)13-23-10-8-15-5-2-3-6-16(15)11-23/h2-3,5-6,17H,4,7-13H2,1H3,(H,20,21,22)/t17-/m1/s1. The number of benzene rings is 1. The molecule has 0 radical (unpaired) electrons. The first-order valence-electron chi connectivity index (χ1n) is 9.15. The molecular formula is C19H25N5O. The highest BCUT2D eigenvalue weighted by atomic mass is 16.2.